The van der Waals surface area contributed by atoms with Crippen molar-refractivity contribution in [3.05, 3.63) is 30.4 Å². The third-order valence-electron chi connectivity index (χ3n) is 3.83. The molecule has 21 heavy (non-hydrogen) atoms. The van der Waals surface area contributed by atoms with E-state index in [2.05, 4.69) is 19.6 Å². The second kappa shape index (κ2) is 5.23. The van der Waals surface area contributed by atoms with Gasteiger partial charge in [0.25, 0.3) is 0 Å². The van der Waals surface area contributed by atoms with E-state index in [9.17, 15) is 8.42 Å². The Bertz CT molecular complexity index is 721. The Kier molecular flexibility index (Phi) is 3.54. The Hall–Kier alpha value is -1.74. The molecule has 9 heteroatoms. The molecule has 2 aromatic rings. The van der Waals surface area contributed by atoms with Gasteiger partial charge in [0.15, 0.2) is 0 Å². The number of nitrogens with zero attached hydrogens (tertiary/aromatic N) is 6. The van der Waals surface area contributed by atoms with Crippen molar-refractivity contribution >= 4 is 10.0 Å². The normalized spacial score (nSPS) is 19.6. The van der Waals surface area contributed by atoms with E-state index in [0.717, 1.165) is 11.5 Å². The fraction of sp³-hybridized carbons (Fsp3) is 0.583. The summed E-state index contributed by atoms with van der Waals surface area (Å²) >= 11 is 0. The Morgan fingerprint density at radius 1 is 1.38 bits per heavy atom. The molecule has 1 aliphatic heterocycles. The van der Waals surface area contributed by atoms with Gasteiger partial charge in [0, 0.05) is 13.1 Å². The third-order valence-corrected chi connectivity index (χ3v) is 5.77. The molecule has 0 radical (unpaired) electrons. The van der Waals surface area contributed by atoms with Crippen LogP contribution >= 0.6 is 0 Å². The van der Waals surface area contributed by atoms with Gasteiger partial charge in [0.05, 0.1) is 30.2 Å². The number of rotatable bonds is 4. The van der Waals surface area contributed by atoms with Gasteiger partial charge < -0.3 is 4.57 Å². The second-order valence-corrected chi connectivity index (χ2v) is 7.25. The van der Waals surface area contributed by atoms with E-state index in [0.29, 0.717) is 19.6 Å². The number of hydrogen-bond acceptors (Lipinski definition) is 5. The fourth-order valence-corrected chi connectivity index (χ4v) is 3.96. The van der Waals surface area contributed by atoms with Crippen molar-refractivity contribution in [2.75, 3.05) is 12.3 Å². The van der Waals surface area contributed by atoms with E-state index in [1.165, 1.54) is 10.6 Å². The molecule has 3 heterocycles. The van der Waals surface area contributed by atoms with Crippen LogP contribution in [0.3, 0.4) is 0 Å². The van der Waals surface area contributed by atoms with Crippen LogP contribution < -0.4 is 0 Å². The summed E-state index contributed by atoms with van der Waals surface area (Å²) in [7, 11) is -3.20. The minimum atomic E-state index is -3.20. The lowest BCUT2D eigenvalue weighted by atomic mass is 10.2. The van der Waals surface area contributed by atoms with Crippen molar-refractivity contribution in [2.24, 2.45) is 0 Å². The van der Waals surface area contributed by atoms with Crippen molar-refractivity contribution in [3.8, 4) is 0 Å². The molecular formula is C12H18N6O2S. The highest BCUT2D eigenvalue weighted by molar-refractivity contribution is 7.89. The topological polar surface area (TPSA) is 85.9 Å². The van der Waals surface area contributed by atoms with E-state index in [-0.39, 0.29) is 11.8 Å². The number of sulfonamides is 1. The highest BCUT2D eigenvalue weighted by Gasteiger charge is 2.33. The van der Waals surface area contributed by atoms with Gasteiger partial charge in [0.1, 0.15) is 18.5 Å². The molecule has 0 fully saturated rings. The molecule has 0 spiro atoms. The molecule has 0 amide bonds. The largest absolute Gasteiger partial charge is 0.328 e. The van der Waals surface area contributed by atoms with E-state index >= 15 is 0 Å². The smallest absolute Gasteiger partial charge is 0.214 e. The van der Waals surface area contributed by atoms with Crippen LogP contribution in [0.15, 0.2) is 18.9 Å². The maximum absolute atomic E-state index is 12.1. The second-order valence-electron chi connectivity index (χ2n) is 5.04. The fourth-order valence-electron chi connectivity index (χ4n) is 2.69. The van der Waals surface area contributed by atoms with Crippen molar-refractivity contribution in [2.45, 2.75) is 33.0 Å². The van der Waals surface area contributed by atoms with Crippen LogP contribution in [0.2, 0.25) is 0 Å². The van der Waals surface area contributed by atoms with Gasteiger partial charge in [0.2, 0.25) is 10.0 Å². The zero-order valence-corrected chi connectivity index (χ0v) is 12.9. The maximum atomic E-state index is 12.1. The molecule has 1 atom stereocenters. The van der Waals surface area contributed by atoms with Crippen molar-refractivity contribution in [3.63, 3.8) is 0 Å². The monoisotopic (exact) mass is 310 g/mol. The summed E-state index contributed by atoms with van der Waals surface area (Å²) in [6.45, 7) is 5.22. The molecule has 114 valence electrons. The molecule has 0 aromatic carbocycles. The number of aromatic nitrogens is 5. The summed E-state index contributed by atoms with van der Waals surface area (Å²) in [5.74, 6) is 0.900. The van der Waals surface area contributed by atoms with Gasteiger partial charge in [-0.3, -0.25) is 0 Å². The molecule has 3 rings (SSSR count). The highest BCUT2D eigenvalue weighted by Crippen LogP contribution is 2.28. The summed E-state index contributed by atoms with van der Waals surface area (Å²) in [5, 5.41) is 4.08. The molecule has 8 nitrogen and oxygen atoms in total. The Morgan fingerprint density at radius 2 is 2.19 bits per heavy atom. The first-order chi connectivity index (χ1) is 10.0. The van der Waals surface area contributed by atoms with E-state index in [1.54, 1.807) is 24.1 Å². The lowest BCUT2D eigenvalue weighted by Crippen LogP contribution is -2.42. The van der Waals surface area contributed by atoms with E-state index in [4.69, 9.17) is 0 Å². The van der Waals surface area contributed by atoms with Gasteiger partial charge in [-0.05, 0) is 13.8 Å². The van der Waals surface area contributed by atoms with Crippen LogP contribution in [0, 0.1) is 0 Å². The number of hydrogen-bond donors (Lipinski definition) is 0. The molecule has 2 aromatic heterocycles. The van der Waals surface area contributed by atoms with Crippen LogP contribution in [0.4, 0.5) is 0 Å². The molecule has 0 bridgehead atoms. The van der Waals surface area contributed by atoms with Gasteiger partial charge >= 0.3 is 0 Å². The molecule has 0 saturated carbocycles. The molecule has 0 N–H and O–H groups in total. The Morgan fingerprint density at radius 3 is 2.86 bits per heavy atom. The lowest BCUT2D eigenvalue weighted by molar-refractivity contribution is 0.273. The standard InChI is InChI=1S/C12H18N6O2S/c1-3-21(19,20)18-5-4-17-11(6-14-12(17)10(18)2)7-16-9-13-8-15-16/h6,8-10H,3-5,7H2,1-2H3/t10-/m0/s1. The van der Waals surface area contributed by atoms with E-state index < -0.39 is 10.0 Å². The maximum Gasteiger partial charge on any atom is 0.214 e. The van der Waals surface area contributed by atoms with Gasteiger partial charge in [-0.15, -0.1) is 0 Å². The van der Waals surface area contributed by atoms with Gasteiger partial charge in [-0.25, -0.2) is 23.1 Å². The van der Waals surface area contributed by atoms with Crippen LogP contribution in [0.5, 0.6) is 0 Å². The summed E-state index contributed by atoms with van der Waals surface area (Å²) in [6.07, 6.45) is 4.93. The Labute approximate surface area is 123 Å². The summed E-state index contributed by atoms with van der Waals surface area (Å²) < 4.78 is 29.5. The number of imidazole rings is 1. The molecule has 0 unspecified atom stereocenters. The predicted octanol–water partition coefficient (Wildman–Crippen LogP) is 0.249. The minimum absolute atomic E-state index is 0.115. The average molecular weight is 310 g/mol. The molecule has 0 saturated heterocycles. The molecule has 0 aliphatic carbocycles. The average Bonchev–Trinajstić information content (AvgIpc) is 3.10. The minimum Gasteiger partial charge on any atom is -0.328 e. The van der Waals surface area contributed by atoms with Gasteiger partial charge in [-0.1, -0.05) is 0 Å². The quantitative estimate of drug-likeness (QED) is 0.808. The SMILES string of the molecule is CCS(=O)(=O)N1CCn2c(Cn3cncn3)cnc2[C@@H]1C. The summed E-state index contributed by atoms with van der Waals surface area (Å²) in [5.41, 5.74) is 1.01. The lowest BCUT2D eigenvalue weighted by Gasteiger charge is -2.33. The third kappa shape index (κ3) is 2.46. The van der Waals surface area contributed by atoms with Crippen LogP contribution in [-0.2, 0) is 23.1 Å². The highest BCUT2D eigenvalue weighted by atomic mass is 32.2. The predicted molar refractivity (Wildman–Crippen MR) is 75.9 cm³/mol. The van der Waals surface area contributed by atoms with Crippen molar-refractivity contribution in [1.82, 2.24) is 28.6 Å². The summed E-state index contributed by atoms with van der Waals surface area (Å²) in [4.78, 5) is 8.33. The first-order valence-corrected chi connectivity index (χ1v) is 8.50. The van der Waals surface area contributed by atoms with Crippen LogP contribution in [-0.4, -0.2) is 49.3 Å². The zero-order valence-electron chi connectivity index (χ0n) is 12.0. The molecule has 1 aliphatic rings. The van der Waals surface area contributed by atoms with Crippen LogP contribution in [0.25, 0.3) is 0 Å². The zero-order chi connectivity index (χ0) is 15.0. The summed E-state index contributed by atoms with van der Waals surface area (Å²) in [6, 6.07) is -0.242. The van der Waals surface area contributed by atoms with Crippen molar-refractivity contribution < 1.29 is 8.42 Å². The van der Waals surface area contributed by atoms with Crippen molar-refractivity contribution in [1.29, 1.82) is 0 Å². The van der Waals surface area contributed by atoms with Gasteiger partial charge in [-0.2, -0.15) is 9.40 Å². The molecular weight excluding hydrogens is 292 g/mol. The van der Waals surface area contributed by atoms with E-state index in [1.807, 2.05) is 6.92 Å². The Balaban J connectivity index is 1.89. The van der Waals surface area contributed by atoms with Crippen LogP contribution in [0.1, 0.15) is 31.4 Å². The number of fused-ring (bicyclic) bond motifs is 1. The first-order valence-electron chi connectivity index (χ1n) is 6.89. The first kappa shape index (κ1) is 14.2.